The number of fused-ring (bicyclic) bond motifs is 1. The average molecular weight is 405 g/mol. The van der Waals surface area contributed by atoms with E-state index in [2.05, 4.69) is 25.5 Å². The molecule has 2 fully saturated rings. The minimum Gasteiger partial charge on any atom is -0.494 e. The summed E-state index contributed by atoms with van der Waals surface area (Å²) in [4.78, 5) is 32.6. The van der Waals surface area contributed by atoms with Crippen molar-refractivity contribution in [2.45, 2.75) is 12.8 Å². The third kappa shape index (κ3) is 3.63. The van der Waals surface area contributed by atoms with Crippen molar-refractivity contribution in [2.75, 3.05) is 43.5 Å². The van der Waals surface area contributed by atoms with Gasteiger partial charge in [0.1, 0.15) is 17.4 Å². The fraction of sp³-hybridized carbons (Fsp3) is 0.381. The van der Waals surface area contributed by atoms with Gasteiger partial charge in [-0.1, -0.05) is 0 Å². The summed E-state index contributed by atoms with van der Waals surface area (Å²) in [5.41, 5.74) is 1.51. The van der Waals surface area contributed by atoms with E-state index in [0.29, 0.717) is 22.9 Å². The van der Waals surface area contributed by atoms with Gasteiger partial charge in [0, 0.05) is 43.9 Å². The van der Waals surface area contributed by atoms with Crippen molar-refractivity contribution in [1.29, 1.82) is 0 Å². The number of rotatable bonds is 5. The first kappa shape index (κ1) is 18.7. The molecule has 1 saturated carbocycles. The van der Waals surface area contributed by atoms with E-state index in [1.807, 2.05) is 12.1 Å². The zero-order valence-electron chi connectivity index (χ0n) is 16.8. The van der Waals surface area contributed by atoms with Crippen LogP contribution in [0.15, 0.2) is 30.7 Å². The molecule has 1 saturated heterocycles. The molecule has 2 N–H and O–H groups in total. The number of nitrogens with zero attached hydrogens (tertiary/aromatic N) is 5. The number of pyridine rings is 2. The lowest BCUT2D eigenvalue weighted by Crippen LogP contribution is -2.44. The fourth-order valence-corrected chi connectivity index (χ4v) is 3.64. The van der Waals surface area contributed by atoms with Crippen molar-refractivity contribution in [1.82, 2.24) is 25.3 Å². The number of methoxy groups -OCH3 is 1. The molecule has 0 aromatic carbocycles. The normalized spacial score (nSPS) is 16.5. The Morgan fingerprint density at radius 1 is 1.23 bits per heavy atom. The number of ether oxygens (including phenoxy) is 1. The third-order valence-corrected chi connectivity index (χ3v) is 5.41. The van der Waals surface area contributed by atoms with Gasteiger partial charge in [-0.05, 0) is 25.0 Å². The summed E-state index contributed by atoms with van der Waals surface area (Å²) in [6, 6.07) is 3.67. The van der Waals surface area contributed by atoms with Crippen LogP contribution in [0.3, 0.4) is 0 Å². The van der Waals surface area contributed by atoms with Crippen LogP contribution in [-0.2, 0) is 4.79 Å². The Morgan fingerprint density at radius 2 is 2.07 bits per heavy atom. The maximum Gasteiger partial charge on any atom is 0.228 e. The molecule has 5 rings (SSSR count). The van der Waals surface area contributed by atoms with Crippen molar-refractivity contribution in [3.05, 3.63) is 30.7 Å². The molecule has 1 amide bonds. The van der Waals surface area contributed by atoms with Crippen molar-refractivity contribution in [2.24, 2.45) is 5.92 Å². The Labute approximate surface area is 173 Å². The van der Waals surface area contributed by atoms with Crippen LogP contribution in [0.1, 0.15) is 12.8 Å². The number of carbonyl (C=O) groups is 1. The highest BCUT2D eigenvalue weighted by Crippen LogP contribution is 2.34. The second-order valence-corrected chi connectivity index (χ2v) is 7.54. The highest BCUT2D eigenvalue weighted by Gasteiger charge is 2.30. The molecule has 9 heteroatoms. The summed E-state index contributed by atoms with van der Waals surface area (Å²) in [7, 11) is 1.63. The van der Waals surface area contributed by atoms with Crippen LogP contribution in [0.25, 0.3) is 22.3 Å². The highest BCUT2D eigenvalue weighted by molar-refractivity contribution is 5.96. The smallest absolute Gasteiger partial charge is 0.228 e. The lowest BCUT2D eigenvalue weighted by atomic mass is 10.2. The lowest BCUT2D eigenvalue weighted by Gasteiger charge is -2.29. The van der Waals surface area contributed by atoms with E-state index in [0.717, 1.165) is 55.8 Å². The Bertz CT molecular complexity index is 1090. The van der Waals surface area contributed by atoms with E-state index >= 15 is 0 Å². The van der Waals surface area contributed by atoms with Crippen molar-refractivity contribution >= 4 is 28.4 Å². The first-order valence-electron chi connectivity index (χ1n) is 10.2. The molecule has 30 heavy (non-hydrogen) atoms. The molecule has 0 radical (unpaired) electrons. The van der Waals surface area contributed by atoms with E-state index in [1.54, 1.807) is 25.7 Å². The minimum atomic E-state index is 0.0227. The third-order valence-electron chi connectivity index (χ3n) is 5.41. The van der Waals surface area contributed by atoms with Gasteiger partial charge in [0.2, 0.25) is 5.91 Å². The van der Waals surface area contributed by atoms with E-state index in [4.69, 9.17) is 14.7 Å². The molecule has 1 aliphatic heterocycles. The average Bonchev–Trinajstić information content (AvgIpc) is 3.64. The van der Waals surface area contributed by atoms with Gasteiger partial charge in [-0.2, -0.15) is 0 Å². The molecule has 3 aromatic heterocycles. The maximum atomic E-state index is 12.1. The maximum absolute atomic E-state index is 12.1. The second kappa shape index (κ2) is 7.83. The summed E-state index contributed by atoms with van der Waals surface area (Å²) in [6.07, 6.45) is 6.98. The van der Waals surface area contributed by atoms with Crippen LogP contribution in [-0.4, -0.2) is 59.1 Å². The van der Waals surface area contributed by atoms with Gasteiger partial charge in [0.25, 0.3) is 0 Å². The zero-order valence-corrected chi connectivity index (χ0v) is 16.8. The number of piperazine rings is 1. The largest absolute Gasteiger partial charge is 0.494 e. The van der Waals surface area contributed by atoms with Crippen LogP contribution in [0.5, 0.6) is 5.75 Å². The second-order valence-electron chi connectivity index (χ2n) is 7.54. The molecule has 0 spiro atoms. The van der Waals surface area contributed by atoms with E-state index in [-0.39, 0.29) is 11.8 Å². The fourth-order valence-electron chi connectivity index (χ4n) is 3.64. The van der Waals surface area contributed by atoms with E-state index in [1.165, 1.54) is 0 Å². The molecular weight excluding hydrogens is 382 g/mol. The van der Waals surface area contributed by atoms with Gasteiger partial charge >= 0.3 is 0 Å². The molecule has 0 atom stereocenters. The van der Waals surface area contributed by atoms with Gasteiger partial charge in [-0.25, -0.2) is 15.0 Å². The minimum absolute atomic E-state index is 0.0227. The summed E-state index contributed by atoms with van der Waals surface area (Å²) in [6.45, 7) is 3.47. The monoisotopic (exact) mass is 405 g/mol. The molecule has 3 aromatic rings. The molecule has 4 heterocycles. The topological polar surface area (TPSA) is 105 Å². The number of carbonyl (C=O) groups excluding carboxylic acids is 1. The summed E-state index contributed by atoms with van der Waals surface area (Å²) in [5, 5.41) is 7.12. The van der Waals surface area contributed by atoms with Crippen LogP contribution in [0.2, 0.25) is 0 Å². The van der Waals surface area contributed by atoms with Crippen LogP contribution in [0, 0.1) is 5.92 Å². The van der Waals surface area contributed by atoms with Gasteiger partial charge in [-0.3, -0.25) is 9.78 Å². The molecule has 0 unspecified atom stereocenters. The Hall–Kier alpha value is -3.33. The molecule has 9 nitrogen and oxygen atoms in total. The van der Waals surface area contributed by atoms with Crippen molar-refractivity contribution in [3.8, 4) is 17.1 Å². The molecule has 0 bridgehead atoms. The molecule has 2 aliphatic rings. The van der Waals surface area contributed by atoms with Gasteiger partial charge in [0.15, 0.2) is 5.82 Å². The van der Waals surface area contributed by atoms with Crippen LogP contribution < -0.4 is 20.3 Å². The Kier molecular flexibility index (Phi) is 4.88. The first-order valence-corrected chi connectivity index (χ1v) is 10.2. The van der Waals surface area contributed by atoms with Gasteiger partial charge in [-0.15, -0.1) is 0 Å². The Balaban J connectivity index is 1.58. The number of anilines is 2. The number of hydrogen-bond acceptors (Lipinski definition) is 8. The predicted molar refractivity (Wildman–Crippen MR) is 114 cm³/mol. The van der Waals surface area contributed by atoms with Crippen LogP contribution >= 0.6 is 0 Å². The highest BCUT2D eigenvalue weighted by atomic mass is 16.5. The van der Waals surface area contributed by atoms with Crippen molar-refractivity contribution in [3.63, 3.8) is 0 Å². The predicted octanol–water partition coefficient (Wildman–Crippen LogP) is 1.85. The summed E-state index contributed by atoms with van der Waals surface area (Å²) in [5.74, 6) is 2.70. The molecule has 154 valence electrons. The quantitative estimate of drug-likeness (QED) is 0.663. The number of nitrogens with one attached hydrogen (secondary N) is 2. The zero-order chi connectivity index (χ0) is 20.5. The standard InChI is InChI=1S/C21H23N7O2/c1-30-16-12-23-11-15-18(16)20(28-8-6-22-7-9-28)27-19(25-15)14-4-5-24-17(10-14)26-21(29)13-2-3-13/h4-5,10-13,22H,2-3,6-9H2,1H3,(H,24,26,29). The van der Waals surface area contributed by atoms with E-state index in [9.17, 15) is 4.79 Å². The number of hydrogen-bond donors (Lipinski definition) is 2. The van der Waals surface area contributed by atoms with Crippen molar-refractivity contribution < 1.29 is 9.53 Å². The summed E-state index contributed by atoms with van der Waals surface area (Å²) >= 11 is 0. The molecule has 1 aliphatic carbocycles. The van der Waals surface area contributed by atoms with Gasteiger partial charge < -0.3 is 20.3 Å². The van der Waals surface area contributed by atoms with E-state index < -0.39 is 0 Å². The first-order chi connectivity index (χ1) is 14.7. The number of amides is 1. The SMILES string of the molecule is COc1cncc2nc(-c3ccnc(NC(=O)C4CC4)c3)nc(N3CCNCC3)c12. The molecular formula is C21H23N7O2. The summed E-state index contributed by atoms with van der Waals surface area (Å²) < 4.78 is 5.55. The Morgan fingerprint density at radius 3 is 2.83 bits per heavy atom. The van der Waals surface area contributed by atoms with Crippen LogP contribution in [0.4, 0.5) is 11.6 Å². The van der Waals surface area contributed by atoms with Gasteiger partial charge in [0.05, 0.1) is 30.4 Å². The lowest BCUT2D eigenvalue weighted by molar-refractivity contribution is -0.117. The number of aromatic nitrogens is 4.